The second-order valence-electron chi connectivity index (χ2n) is 6.50. The Labute approximate surface area is 162 Å². The van der Waals surface area contributed by atoms with Gasteiger partial charge in [0.15, 0.2) is 6.61 Å². The lowest BCUT2D eigenvalue weighted by Crippen LogP contribution is -2.30. The van der Waals surface area contributed by atoms with Crippen molar-refractivity contribution in [2.45, 2.75) is 19.3 Å². The van der Waals surface area contributed by atoms with Crippen LogP contribution >= 0.6 is 0 Å². The molecule has 2 aromatic rings. The van der Waals surface area contributed by atoms with E-state index >= 15 is 0 Å². The number of carbonyl (C=O) groups excluding carboxylic acids is 2. The monoisotopic (exact) mass is 383 g/mol. The molecule has 1 N–H and O–H groups in total. The van der Waals surface area contributed by atoms with Gasteiger partial charge in [0.05, 0.1) is 10.5 Å². The number of esters is 1. The van der Waals surface area contributed by atoms with Gasteiger partial charge in [-0.3, -0.25) is 14.9 Å². The first-order valence-corrected chi connectivity index (χ1v) is 9.10. The SMILES string of the molecule is O=C(COC(=O)c1ccc(N2CCCCC2)c([N+](=O)[O-])c1)Nc1ccccc1. The number of carbonyl (C=O) groups is 2. The number of benzene rings is 2. The molecule has 1 amide bonds. The molecule has 0 atom stereocenters. The summed E-state index contributed by atoms with van der Waals surface area (Å²) < 4.78 is 4.99. The minimum Gasteiger partial charge on any atom is -0.452 e. The molecule has 3 rings (SSSR count). The third kappa shape index (κ3) is 4.85. The molecule has 0 saturated carbocycles. The lowest BCUT2D eigenvalue weighted by molar-refractivity contribution is -0.384. The summed E-state index contributed by atoms with van der Waals surface area (Å²) >= 11 is 0. The average molecular weight is 383 g/mol. The summed E-state index contributed by atoms with van der Waals surface area (Å²) in [6.45, 7) is 1.03. The number of piperidine rings is 1. The van der Waals surface area contributed by atoms with E-state index in [0.29, 0.717) is 11.4 Å². The predicted octanol–water partition coefficient (Wildman–Crippen LogP) is 3.38. The van der Waals surface area contributed by atoms with Crippen molar-refractivity contribution in [3.05, 3.63) is 64.2 Å². The molecule has 0 aromatic heterocycles. The Morgan fingerprint density at radius 2 is 1.79 bits per heavy atom. The van der Waals surface area contributed by atoms with E-state index in [4.69, 9.17) is 4.74 Å². The van der Waals surface area contributed by atoms with Gasteiger partial charge in [-0.15, -0.1) is 0 Å². The van der Waals surface area contributed by atoms with Gasteiger partial charge in [-0.05, 0) is 43.5 Å². The Bertz CT molecular complexity index is 863. The molecule has 1 aliphatic rings. The molecule has 1 saturated heterocycles. The quantitative estimate of drug-likeness (QED) is 0.466. The van der Waals surface area contributed by atoms with Crippen LogP contribution < -0.4 is 10.2 Å². The topological polar surface area (TPSA) is 102 Å². The lowest BCUT2D eigenvalue weighted by atomic mass is 10.1. The zero-order valence-corrected chi connectivity index (χ0v) is 15.3. The molecule has 146 valence electrons. The van der Waals surface area contributed by atoms with Gasteiger partial charge in [-0.1, -0.05) is 18.2 Å². The van der Waals surface area contributed by atoms with Gasteiger partial charge in [0.2, 0.25) is 0 Å². The van der Waals surface area contributed by atoms with Gasteiger partial charge in [0.1, 0.15) is 5.69 Å². The van der Waals surface area contributed by atoms with Gasteiger partial charge in [0, 0.05) is 24.8 Å². The second-order valence-corrected chi connectivity index (χ2v) is 6.50. The average Bonchev–Trinajstić information content (AvgIpc) is 2.73. The molecule has 1 fully saturated rings. The minimum absolute atomic E-state index is 0.0416. The predicted molar refractivity (Wildman–Crippen MR) is 105 cm³/mol. The van der Waals surface area contributed by atoms with E-state index in [1.165, 1.54) is 12.1 Å². The number of anilines is 2. The summed E-state index contributed by atoms with van der Waals surface area (Å²) in [4.78, 5) is 37.0. The highest BCUT2D eigenvalue weighted by Crippen LogP contribution is 2.31. The van der Waals surface area contributed by atoms with Gasteiger partial charge < -0.3 is 15.0 Å². The van der Waals surface area contributed by atoms with Crippen LogP contribution in [0, 0.1) is 10.1 Å². The molecule has 0 unspecified atom stereocenters. The van der Waals surface area contributed by atoms with Crippen molar-refractivity contribution in [1.82, 2.24) is 0 Å². The number of ether oxygens (including phenoxy) is 1. The highest BCUT2D eigenvalue weighted by Gasteiger charge is 2.23. The van der Waals surface area contributed by atoms with E-state index in [0.717, 1.165) is 32.4 Å². The Hall–Kier alpha value is -3.42. The van der Waals surface area contributed by atoms with Gasteiger partial charge in [-0.2, -0.15) is 0 Å². The van der Waals surface area contributed by atoms with E-state index in [1.54, 1.807) is 30.3 Å². The van der Waals surface area contributed by atoms with Gasteiger partial charge in [0.25, 0.3) is 11.6 Å². The molecule has 0 bridgehead atoms. The fourth-order valence-electron chi connectivity index (χ4n) is 3.13. The first-order valence-electron chi connectivity index (χ1n) is 9.10. The smallest absolute Gasteiger partial charge is 0.338 e. The molecule has 8 nitrogen and oxygen atoms in total. The maximum absolute atomic E-state index is 12.2. The van der Waals surface area contributed by atoms with Crippen molar-refractivity contribution < 1.29 is 19.2 Å². The molecule has 2 aromatic carbocycles. The van der Waals surface area contributed by atoms with E-state index in [-0.39, 0.29) is 11.3 Å². The molecule has 8 heteroatoms. The standard InChI is InChI=1S/C20H21N3O5/c24-19(21-16-7-3-1-4-8-16)14-28-20(25)15-9-10-17(18(13-15)23(26)27)22-11-5-2-6-12-22/h1,3-4,7-10,13H,2,5-6,11-12,14H2,(H,21,24). The number of hydrogen-bond donors (Lipinski definition) is 1. The molecular weight excluding hydrogens is 362 g/mol. The van der Waals surface area contributed by atoms with Crippen LogP contribution in [0.2, 0.25) is 0 Å². The van der Waals surface area contributed by atoms with Crippen LogP contribution in [0.3, 0.4) is 0 Å². The molecule has 1 aliphatic heterocycles. The Morgan fingerprint density at radius 1 is 1.07 bits per heavy atom. The molecule has 1 heterocycles. The lowest BCUT2D eigenvalue weighted by Gasteiger charge is -2.28. The summed E-state index contributed by atoms with van der Waals surface area (Å²) in [7, 11) is 0. The summed E-state index contributed by atoms with van der Waals surface area (Å²) in [6, 6.07) is 13.1. The van der Waals surface area contributed by atoms with E-state index in [1.807, 2.05) is 11.0 Å². The van der Waals surface area contributed by atoms with E-state index in [2.05, 4.69) is 5.32 Å². The van der Waals surface area contributed by atoms with Crippen LogP contribution in [0.25, 0.3) is 0 Å². The number of hydrogen-bond acceptors (Lipinski definition) is 6. The summed E-state index contributed by atoms with van der Waals surface area (Å²) in [5.41, 5.74) is 0.998. The Balaban J connectivity index is 1.65. The third-order valence-electron chi connectivity index (χ3n) is 4.50. The number of rotatable bonds is 6. The molecule has 0 spiro atoms. The van der Waals surface area contributed by atoms with Gasteiger partial charge in [-0.25, -0.2) is 4.79 Å². The van der Waals surface area contributed by atoms with Crippen molar-refractivity contribution >= 4 is 28.9 Å². The summed E-state index contributed by atoms with van der Waals surface area (Å²) in [6.07, 6.45) is 3.08. The maximum Gasteiger partial charge on any atom is 0.338 e. The van der Waals surface area contributed by atoms with Crippen LogP contribution in [-0.4, -0.2) is 36.5 Å². The van der Waals surface area contributed by atoms with Crippen LogP contribution in [0.1, 0.15) is 29.6 Å². The van der Waals surface area contributed by atoms with E-state index in [9.17, 15) is 19.7 Å². The number of nitrogens with zero attached hydrogens (tertiary/aromatic N) is 2. The van der Waals surface area contributed by atoms with Crippen LogP contribution in [0.4, 0.5) is 17.1 Å². The summed E-state index contributed by atoms with van der Waals surface area (Å²) in [5, 5.41) is 14.1. The fraction of sp³-hybridized carbons (Fsp3) is 0.300. The first kappa shape index (κ1) is 19.3. The van der Waals surface area contributed by atoms with Crippen molar-refractivity contribution in [2.24, 2.45) is 0 Å². The molecular formula is C20H21N3O5. The van der Waals surface area contributed by atoms with Crippen molar-refractivity contribution in [2.75, 3.05) is 29.9 Å². The van der Waals surface area contributed by atoms with Crippen LogP contribution in [0.5, 0.6) is 0 Å². The molecule has 0 aliphatic carbocycles. The summed E-state index contributed by atoms with van der Waals surface area (Å²) in [5.74, 6) is -1.27. The first-order chi connectivity index (χ1) is 13.5. The Morgan fingerprint density at radius 3 is 2.46 bits per heavy atom. The van der Waals surface area contributed by atoms with Crippen molar-refractivity contribution in [3.8, 4) is 0 Å². The van der Waals surface area contributed by atoms with E-state index < -0.39 is 23.4 Å². The highest BCUT2D eigenvalue weighted by atomic mass is 16.6. The Kier molecular flexibility index (Phi) is 6.21. The van der Waals surface area contributed by atoms with Crippen LogP contribution in [0.15, 0.2) is 48.5 Å². The van der Waals surface area contributed by atoms with Crippen LogP contribution in [-0.2, 0) is 9.53 Å². The normalized spacial score (nSPS) is 13.6. The minimum atomic E-state index is -0.781. The number of para-hydroxylation sites is 1. The van der Waals surface area contributed by atoms with Crippen molar-refractivity contribution in [3.63, 3.8) is 0 Å². The molecule has 28 heavy (non-hydrogen) atoms. The van der Waals surface area contributed by atoms with Gasteiger partial charge >= 0.3 is 5.97 Å². The third-order valence-corrected chi connectivity index (χ3v) is 4.50. The zero-order chi connectivity index (χ0) is 19.9. The largest absolute Gasteiger partial charge is 0.452 e. The number of amides is 1. The zero-order valence-electron chi connectivity index (χ0n) is 15.3. The second kappa shape index (κ2) is 8.98. The maximum atomic E-state index is 12.2. The van der Waals surface area contributed by atoms with Crippen molar-refractivity contribution in [1.29, 1.82) is 0 Å². The molecule has 0 radical (unpaired) electrons. The number of nitrogens with one attached hydrogen (secondary N) is 1. The fourth-order valence-corrected chi connectivity index (χ4v) is 3.13. The highest BCUT2D eigenvalue weighted by molar-refractivity contribution is 5.96. The number of nitro benzene ring substituents is 1. The number of nitro groups is 1.